The third-order valence-corrected chi connectivity index (χ3v) is 10.4. The van der Waals surface area contributed by atoms with Gasteiger partial charge >= 0.3 is 0 Å². The van der Waals surface area contributed by atoms with Crippen LogP contribution in [0.3, 0.4) is 0 Å². The van der Waals surface area contributed by atoms with Crippen molar-refractivity contribution in [2.75, 3.05) is 29.6 Å². The minimum Gasteiger partial charge on any atom is -0.482 e. The van der Waals surface area contributed by atoms with E-state index in [0.717, 1.165) is 11.1 Å². The van der Waals surface area contributed by atoms with Gasteiger partial charge in [0.1, 0.15) is 5.75 Å². The van der Waals surface area contributed by atoms with Gasteiger partial charge in [-0.2, -0.15) is 0 Å². The van der Waals surface area contributed by atoms with Crippen LogP contribution in [0.5, 0.6) is 5.75 Å². The molecule has 7 rings (SSSR count). The number of benzene rings is 4. The van der Waals surface area contributed by atoms with Crippen LogP contribution in [-0.2, 0) is 37.8 Å². The largest absolute Gasteiger partial charge is 0.482 e. The van der Waals surface area contributed by atoms with Gasteiger partial charge in [0.05, 0.1) is 42.7 Å². The zero-order valence-electron chi connectivity index (χ0n) is 29.1. The van der Waals surface area contributed by atoms with E-state index in [1.165, 1.54) is 0 Å². The van der Waals surface area contributed by atoms with Gasteiger partial charge in [0.25, 0.3) is 11.8 Å². The Morgan fingerprint density at radius 1 is 0.902 bits per heavy atom. The fourth-order valence-electron chi connectivity index (χ4n) is 8.22. The maximum atomic E-state index is 14.8. The molecule has 10 nitrogen and oxygen atoms in total. The molecule has 0 saturated carbocycles. The Morgan fingerprint density at radius 2 is 1.57 bits per heavy atom. The number of aliphatic hydroxyl groups excluding tert-OH is 1. The first-order valence-corrected chi connectivity index (χ1v) is 17.4. The summed E-state index contributed by atoms with van der Waals surface area (Å²) in [6.45, 7) is 5.79. The molecule has 4 aromatic carbocycles. The quantitative estimate of drug-likeness (QED) is 0.231. The number of nitrogens with zero attached hydrogens (tertiary/aromatic N) is 3. The summed E-state index contributed by atoms with van der Waals surface area (Å²) in [4.78, 5) is 46.5. The van der Waals surface area contributed by atoms with Gasteiger partial charge in [0, 0.05) is 36.2 Å². The summed E-state index contributed by atoms with van der Waals surface area (Å²) in [6.07, 6.45) is -0.830. The summed E-state index contributed by atoms with van der Waals surface area (Å²) in [5, 5.41) is 21.3. The minimum absolute atomic E-state index is 0.0528. The highest BCUT2D eigenvalue weighted by molar-refractivity contribution is 6.08. The second kappa shape index (κ2) is 13.6. The summed E-state index contributed by atoms with van der Waals surface area (Å²) >= 11 is 0. The van der Waals surface area contributed by atoms with Crippen molar-refractivity contribution < 1.29 is 34.1 Å². The number of para-hydroxylation sites is 3. The fraction of sp³-hybridized carbons (Fsp3) is 0.341. The van der Waals surface area contributed by atoms with E-state index in [1.807, 2.05) is 110 Å². The topological polar surface area (TPSA) is 120 Å². The molecular formula is C41H43N3O7. The fourth-order valence-corrected chi connectivity index (χ4v) is 8.22. The van der Waals surface area contributed by atoms with Crippen molar-refractivity contribution in [1.82, 2.24) is 4.90 Å². The van der Waals surface area contributed by atoms with Crippen molar-refractivity contribution in [2.45, 2.75) is 57.6 Å². The standard InChI is InChI=1S/C41H43N3O7/c1-27-38(40(2,3)49)35(23-36(46)42(21-22-45)24-28-11-5-4-6-12-28)51-41(27)31-13-7-8-14-32(31)43(39(41)48)25-29-17-19-30(20-18-29)44-33-15-9-10-16-34(33)50-26-37(44)47/h4-20,27,35,38,45,49H,21-26H2,1-3H3/t27-,35+,38-,41+/m0/s1. The van der Waals surface area contributed by atoms with Crippen LogP contribution < -0.4 is 14.5 Å². The van der Waals surface area contributed by atoms with Crippen molar-refractivity contribution in [3.05, 3.63) is 120 Å². The van der Waals surface area contributed by atoms with Gasteiger partial charge in [-0.05, 0) is 55.3 Å². The molecule has 0 bridgehead atoms. The zero-order chi connectivity index (χ0) is 35.9. The lowest BCUT2D eigenvalue weighted by Gasteiger charge is -2.34. The monoisotopic (exact) mass is 689 g/mol. The Morgan fingerprint density at radius 3 is 2.27 bits per heavy atom. The Kier molecular flexibility index (Phi) is 9.18. The van der Waals surface area contributed by atoms with E-state index in [2.05, 4.69) is 0 Å². The number of amides is 3. The Bertz CT molecular complexity index is 1930. The number of hydrogen-bond acceptors (Lipinski definition) is 7. The molecule has 0 unspecified atom stereocenters. The SMILES string of the molecule is C[C@H]1[C@H](C(C)(C)O)[C@@H](CC(=O)N(CCO)Cc2ccccc2)O[C@]12C(=O)N(Cc1ccc(N3C(=O)COc4ccccc43)cc1)c1ccccc12. The molecule has 3 aliphatic rings. The van der Waals surface area contributed by atoms with Crippen LogP contribution in [0.1, 0.15) is 43.9 Å². The van der Waals surface area contributed by atoms with E-state index in [1.54, 1.807) is 28.5 Å². The van der Waals surface area contributed by atoms with E-state index in [9.17, 15) is 24.6 Å². The van der Waals surface area contributed by atoms with Crippen molar-refractivity contribution >= 4 is 34.8 Å². The molecule has 264 valence electrons. The molecule has 3 amide bonds. The second-order valence-corrected chi connectivity index (χ2v) is 14.1. The number of anilines is 3. The van der Waals surface area contributed by atoms with Crippen LogP contribution in [0, 0.1) is 11.8 Å². The first-order chi connectivity index (χ1) is 24.5. The first-order valence-electron chi connectivity index (χ1n) is 17.4. The third-order valence-electron chi connectivity index (χ3n) is 10.4. The van der Waals surface area contributed by atoms with Gasteiger partial charge in [-0.25, -0.2) is 0 Å². The predicted molar refractivity (Wildman–Crippen MR) is 192 cm³/mol. The van der Waals surface area contributed by atoms with Crippen LogP contribution >= 0.6 is 0 Å². The number of hydrogen-bond donors (Lipinski definition) is 2. The molecule has 3 aliphatic heterocycles. The van der Waals surface area contributed by atoms with Crippen molar-refractivity contribution in [3.63, 3.8) is 0 Å². The molecule has 51 heavy (non-hydrogen) atoms. The average Bonchev–Trinajstić information content (AvgIpc) is 3.55. The minimum atomic E-state index is -1.42. The van der Waals surface area contributed by atoms with Crippen LogP contribution in [-0.4, -0.2) is 64.3 Å². The lowest BCUT2D eigenvalue weighted by molar-refractivity contribution is -0.150. The van der Waals surface area contributed by atoms with Crippen LogP contribution in [0.4, 0.5) is 17.1 Å². The Hall–Kier alpha value is -5.03. The molecule has 10 heteroatoms. The van der Waals surface area contributed by atoms with Gasteiger partial charge in [-0.1, -0.05) is 79.7 Å². The van der Waals surface area contributed by atoms with Gasteiger partial charge in [0.15, 0.2) is 12.2 Å². The second-order valence-electron chi connectivity index (χ2n) is 14.1. The van der Waals surface area contributed by atoms with Gasteiger partial charge in [0.2, 0.25) is 5.91 Å². The molecule has 0 radical (unpaired) electrons. The average molecular weight is 690 g/mol. The van der Waals surface area contributed by atoms with Crippen molar-refractivity contribution in [3.8, 4) is 5.75 Å². The molecular weight excluding hydrogens is 646 g/mol. The lowest BCUT2D eigenvalue weighted by Crippen LogP contribution is -2.46. The molecule has 4 atom stereocenters. The molecule has 1 fully saturated rings. The van der Waals surface area contributed by atoms with Gasteiger partial charge in [-0.3, -0.25) is 19.3 Å². The van der Waals surface area contributed by atoms with Gasteiger partial charge in [-0.15, -0.1) is 0 Å². The van der Waals surface area contributed by atoms with E-state index in [-0.39, 0.29) is 50.4 Å². The van der Waals surface area contributed by atoms with Gasteiger partial charge < -0.3 is 29.5 Å². The van der Waals surface area contributed by atoms with E-state index < -0.39 is 29.1 Å². The molecule has 4 aromatic rings. The number of carbonyl (C=O) groups is 3. The van der Waals surface area contributed by atoms with Crippen molar-refractivity contribution in [2.24, 2.45) is 11.8 Å². The summed E-state index contributed by atoms with van der Waals surface area (Å²) in [5.74, 6) is -1.05. The van der Waals surface area contributed by atoms with Crippen LogP contribution in [0.2, 0.25) is 0 Å². The number of fused-ring (bicyclic) bond motifs is 3. The van der Waals surface area contributed by atoms with E-state index in [0.29, 0.717) is 34.9 Å². The summed E-state index contributed by atoms with van der Waals surface area (Å²) < 4.78 is 12.5. The summed E-state index contributed by atoms with van der Waals surface area (Å²) in [7, 11) is 0. The summed E-state index contributed by atoms with van der Waals surface area (Å²) in [5.41, 5.74) is 1.87. The number of rotatable bonds is 10. The molecule has 0 aromatic heterocycles. The van der Waals surface area contributed by atoms with Crippen LogP contribution in [0.15, 0.2) is 103 Å². The molecule has 1 saturated heterocycles. The smallest absolute Gasteiger partial charge is 0.269 e. The maximum absolute atomic E-state index is 14.8. The maximum Gasteiger partial charge on any atom is 0.269 e. The number of carbonyl (C=O) groups excluding carboxylic acids is 3. The Labute approximate surface area is 297 Å². The zero-order valence-corrected chi connectivity index (χ0v) is 29.1. The van der Waals surface area contributed by atoms with E-state index in [4.69, 9.17) is 9.47 Å². The van der Waals surface area contributed by atoms with Crippen LogP contribution in [0.25, 0.3) is 0 Å². The molecule has 3 heterocycles. The summed E-state index contributed by atoms with van der Waals surface area (Å²) in [6, 6.07) is 32.1. The lowest BCUT2D eigenvalue weighted by atomic mass is 9.71. The number of ether oxygens (including phenoxy) is 2. The Balaban J connectivity index is 1.16. The molecule has 2 N–H and O–H groups in total. The predicted octanol–water partition coefficient (Wildman–Crippen LogP) is 5.32. The third kappa shape index (κ3) is 6.17. The molecule has 0 aliphatic carbocycles. The highest BCUT2D eigenvalue weighted by atomic mass is 16.5. The van der Waals surface area contributed by atoms with Crippen molar-refractivity contribution in [1.29, 1.82) is 0 Å². The highest BCUT2D eigenvalue weighted by Crippen LogP contribution is 2.58. The van der Waals surface area contributed by atoms with E-state index >= 15 is 0 Å². The highest BCUT2D eigenvalue weighted by Gasteiger charge is 2.66. The normalized spacial score (nSPS) is 22.6. The molecule has 1 spiro atoms. The first kappa shape index (κ1) is 34.4. The number of aliphatic hydroxyl groups is 2.